The molecule has 1 amide bonds. The molecule has 4 rings (SSSR count). The van der Waals surface area contributed by atoms with E-state index < -0.39 is 0 Å². The molecule has 5 heteroatoms. The Balaban J connectivity index is 1.29. The molecule has 0 radical (unpaired) electrons. The van der Waals surface area contributed by atoms with E-state index in [0.717, 1.165) is 43.9 Å². The lowest BCUT2D eigenvalue weighted by Crippen LogP contribution is -2.40. The third kappa shape index (κ3) is 5.60. The van der Waals surface area contributed by atoms with Crippen LogP contribution in [0.3, 0.4) is 0 Å². The van der Waals surface area contributed by atoms with Crippen molar-refractivity contribution in [3.8, 4) is 5.75 Å². The van der Waals surface area contributed by atoms with E-state index in [-0.39, 0.29) is 11.9 Å². The van der Waals surface area contributed by atoms with Crippen molar-refractivity contribution in [1.29, 1.82) is 0 Å². The topological polar surface area (TPSA) is 54.5 Å². The second kappa shape index (κ2) is 10.1. The number of amides is 1. The van der Waals surface area contributed by atoms with Gasteiger partial charge in [0.05, 0.1) is 17.8 Å². The second-order valence-electron chi connectivity index (χ2n) is 8.71. The quantitative estimate of drug-likeness (QED) is 0.735. The van der Waals surface area contributed by atoms with Crippen molar-refractivity contribution in [3.63, 3.8) is 0 Å². The predicted molar refractivity (Wildman–Crippen MR) is 118 cm³/mol. The van der Waals surface area contributed by atoms with Crippen molar-refractivity contribution in [3.05, 3.63) is 59.9 Å². The SMILES string of the molecule is CC(=O)N[C@@H](c1ccccn1)C1CCN(Cc2ccc(OC3CCCC3)cc2)CC1. The minimum absolute atomic E-state index is 0.00197. The Kier molecular flexibility index (Phi) is 7.00. The van der Waals surface area contributed by atoms with Gasteiger partial charge in [0.25, 0.3) is 0 Å². The van der Waals surface area contributed by atoms with Crippen LogP contribution in [0.1, 0.15) is 62.7 Å². The number of ether oxygens (including phenoxy) is 1. The molecule has 160 valence electrons. The van der Waals surface area contributed by atoms with Crippen LogP contribution in [0.4, 0.5) is 0 Å². The summed E-state index contributed by atoms with van der Waals surface area (Å²) in [4.78, 5) is 18.8. The molecule has 0 bridgehead atoms. The van der Waals surface area contributed by atoms with E-state index in [4.69, 9.17) is 4.74 Å². The average Bonchev–Trinajstić information content (AvgIpc) is 3.28. The van der Waals surface area contributed by atoms with Gasteiger partial charge in [-0.1, -0.05) is 18.2 Å². The normalized spacial score (nSPS) is 19.5. The van der Waals surface area contributed by atoms with E-state index in [1.807, 2.05) is 18.2 Å². The minimum Gasteiger partial charge on any atom is -0.490 e. The van der Waals surface area contributed by atoms with E-state index in [9.17, 15) is 4.79 Å². The van der Waals surface area contributed by atoms with Crippen molar-refractivity contribution >= 4 is 5.91 Å². The van der Waals surface area contributed by atoms with Crippen LogP contribution in [0.2, 0.25) is 0 Å². The second-order valence-corrected chi connectivity index (χ2v) is 8.71. The minimum atomic E-state index is -0.00197. The molecule has 1 atom stereocenters. The lowest BCUT2D eigenvalue weighted by molar-refractivity contribution is -0.120. The molecule has 1 aromatic carbocycles. The Labute approximate surface area is 179 Å². The van der Waals surface area contributed by atoms with Crippen LogP contribution in [0.25, 0.3) is 0 Å². The fourth-order valence-electron chi connectivity index (χ4n) is 4.79. The van der Waals surface area contributed by atoms with Crippen LogP contribution in [-0.2, 0) is 11.3 Å². The fraction of sp³-hybridized carbons (Fsp3) is 0.520. The first-order valence-corrected chi connectivity index (χ1v) is 11.3. The predicted octanol–water partition coefficient (Wildman–Crippen LogP) is 4.49. The highest BCUT2D eigenvalue weighted by Gasteiger charge is 2.29. The van der Waals surface area contributed by atoms with Gasteiger partial charge in [0.2, 0.25) is 5.91 Å². The zero-order valence-electron chi connectivity index (χ0n) is 17.9. The van der Waals surface area contributed by atoms with E-state index in [1.165, 1.54) is 31.2 Å². The highest BCUT2D eigenvalue weighted by atomic mass is 16.5. The van der Waals surface area contributed by atoms with Crippen LogP contribution in [0.15, 0.2) is 48.7 Å². The average molecular weight is 408 g/mol. The first kappa shape index (κ1) is 20.9. The smallest absolute Gasteiger partial charge is 0.217 e. The fourth-order valence-corrected chi connectivity index (χ4v) is 4.79. The molecule has 0 spiro atoms. The van der Waals surface area contributed by atoms with Crippen molar-refractivity contribution in [2.45, 2.75) is 64.1 Å². The van der Waals surface area contributed by atoms with Gasteiger partial charge < -0.3 is 10.1 Å². The standard InChI is InChI=1S/C25H33N3O2/c1-19(29)27-25(24-8-4-5-15-26-24)21-13-16-28(17-14-21)18-20-9-11-23(12-10-20)30-22-6-2-3-7-22/h4-5,8-12,15,21-22,25H,2-3,6-7,13-14,16-18H2,1H3,(H,27,29)/t25-/m1/s1. The maximum atomic E-state index is 11.8. The molecule has 30 heavy (non-hydrogen) atoms. The number of hydrogen-bond donors (Lipinski definition) is 1. The molecule has 1 aromatic heterocycles. The van der Waals surface area contributed by atoms with E-state index in [0.29, 0.717) is 12.0 Å². The van der Waals surface area contributed by atoms with Crippen LogP contribution < -0.4 is 10.1 Å². The number of pyridine rings is 1. The van der Waals surface area contributed by atoms with E-state index >= 15 is 0 Å². The summed E-state index contributed by atoms with van der Waals surface area (Å²) in [5.41, 5.74) is 2.29. The molecule has 2 heterocycles. The number of nitrogens with one attached hydrogen (secondary N) is 1. The first-order chi connectivity index (χ1) is 14.7. The summed E-state index contributed by atoms with van der Waals surface area (Å²) in [6.45, 7) is 4.62. The Morgan fingerprint density at radius 2 is 1.83 bits per heavy atom. The Morgan fingerprint density at radius 1 is 1.10 bits per heavy atom. The molecule has 2 aliphatic rings. The van der Waals surface area contributed by atoms with Gasteiger partial charge in [0.15, 0.2) is 0 Å². The number of benzene rings is 1. The maximum Gasteiger partial charge on any atom is 0.217 e. The number of carbonyl (C=O) groups is 1. The molecule has 5 nitrogen and oxygen atoms in total. The van der Waals surface area contributed by atoms with E-state index in [1.54, 1.807) is 13.1 Å². The highest BCUT2D eigenvalue weighted by Crippen LogP contribution is 2.31. The Morgan fingerprint density at radius 3 is 2.47 bits per heavy atom. The van der Waals surface area contributed by atoms with Gasteiger partial charge in [0, 0.05) is 19.7 Å². The molecule has 1 aliphatic heterocycles. The monoisotopic (exact) mass is 407 g/mol. The third-order valence-electron chi connectivity index (χ3n) is 6.40. The molecular weight excluding hydrogens is 374 g/mol. The molecule has 2 aromatic rings. The van der Waals surface area contributed by atoms with Crippen molar-refractivity contribution in [2.24, 2.45) is 5.92 Å². The summed E-state index contributed by atoms with van der Waals surface area (Å²) in [6, 6.07) is 14.6. The van der Waals surface area contributed by atoms with Crippen molar-refractivity contribution in [2.75, 3.05) is 13.1 Å². The highest BCUT2D eigenvalue weighted by molar-refractivity contribution is 5.73. The summed E-state index contributed by atoms with van der Waals surface area (Å²) in [7, 11) is 0. The molecule has 1 aliphatic carbocycles. The van der Waals surface area contributed by atoms with Gasteiger partial charge >= 0.3 is 0 Å². The van der Waals surface area contributed by atoms with E-state index in [2.05, 4.69) is 39.5 Å². The van der Waals surface area contributed by atoms with Gasteiger partial charge in [-0.15, -0.1) is 0 Å². The molecule has 1 saturated carbocycles. The van der Waals surface area contributed by atoms with Gasteiger partial charge in [0.1, 0.15) is 5.75 Å². The summed E-state index contributed by atoms with van der Waals surface area (Å²) in [6.07, 6.45) is 9.30. The van der Waals surface area contributed by atoms with Gasteiger partial charge in [-0.3, -0.25) is 14.7 Å². The zero-order valence-corrected chi connectivity index (χ0v) is 17.9. The molecule has 2 fully saturated rings. The summed E-state index contributed by atoms with van der Waals surface area (Å²) in [5.74, 6) is 1.42. The first-order valence-electron chi connectivity index (χ1n) is 11.3. The number of nitrogens with zero attached hydrogens (tertiary/aromatic N) is 2. The molecule has 1 N–H and O–H groups in total. The summed E-state index contributed by atoms with van der Waals surface area (Å²) >= 11 is 0. The molecule has 1 saturated heterocycles. The summed E-state index contributed by atoms with van der Waals surface area (Å²) < 4.78 is 6.08. The lowest BCUT2D eigenvalue weighted by atomic mass is 9.87. The number of hydrogen-bond acceptors (Lipinski definition) is 4. The van der Waals surface area contributed by atoms with Gasteiger partial charge in [-0.25, -0.2) is 0 Å². The number of rotatable bonds is 7. The third-order valence-corrected chi connectivity index (χ3v) is 6.40. The van der Waals surface area contributed by atoms with Crippen molar-refractivity contribution < 1.29 is 9.53 Å². The van der Waals surface area contributed by atoms with Crippen LogP contribution in [-0.4, -0.2) is 35.0 Å². The van der Waals surface area contributed by atoms with Crippen LogP contribution >= 0.6 is 0 Å². The number of carbonyl (C=O) groups excluding carboxylic acids is 1. The Bertz CT molecular complexity index is 795. The van der Waals surface area contributed by atoms with Crippen LogP contribution in [0, 0.1) is 5.92 Å². The number of aromatic nitrogens is 1. The molecule has 0 unspecified atom stereocenters. The number of likely N-dealkylation sites (tertiary alicyclic amines) is 1. The molecular formula is C25H33N3O2. The largest absolute Gasteiger partial charge is 0.490 e. The van der Waals surface area contributed by atoms with Gasteiger partial charge in [-0.05, 0) is 87.4 Å². The Hall–Kier alpha value is -2.40. The van der Waals surface area contributed by atoms with Crippen LogP contribution in [0.5, 0.6) is 5.75 Å². The lowest BCUT2D eigenvalue weighted by Gasteiger charge is -2.36. The van der Waals surface area contributed by atoms with Crippen molar-refractivity contribution in [1.82, 2.24) is 15.2 Å². The maximum absolute atomic E-state index is 11.8. The van der Waals surface area contributed by atoms with Gasteiger partial charge in [-0.2, -0.15) is 0 Å². The zero-order chi connectivity index (χ0) is 20.8. The summed E-state index contributed by atoms with van der Waals surface area (Å²) in [5, 5.41) is 3.13. The number of piperidine rings is 1.